The normalized spacial score (nSPS) is 11.4. The average Bonchev–Trinajstić information content (AvgIpc) is 3.24. The van der Waals surface area contributed by atoms with Crippen molar-refractivity contribution in [2.75, 3.05) is 45.8 Å². The third-order valence-corrected chi connectivity index (χ3v) is 11.3. The van der Waals surface area contributed by atoms with Crippen molar-refractivity contribution in [2.24, 2.45) is 11.5 Å². The number of benzene rings is 6. The molecule has 342 valence electrons. The second-order valence-electron chi connectivity index (χ2n) is 15.0. The fourth-order valence-corrected chi connectivity index (χ4v) is 8.49. The fraction of sp³-hybridized carbons (Fsp3) is 0.130. The maximum atomic E-state index is 12.4. The molecule has 0 unspecified atom stereocenters. The van der Waals surface area contributed by atoms with Crippen molar-refractivity contribution >= 4 is 122 Å². The van der Waals surface area contributed by atoms with Gasteiger partial charge in [-0.15, -0.1) is 12.4 Å². The Morgan fingerprint density at radius 1 is 0.545 bits per heavy atom. The van der Waals surface area contributed by atoms with Crippen LogP contribution in [-0.4, -0.2) is 69.8 Å². The number of nitrogens with two attached hydrogens (primary N) is 2. The van der Waals surface area contributed by atoms with E-state index in [0.29, 0.717) is 79.9 Å². The summed E-state index contributed by atoms with van der Waals surface area (Å²) < 4.78 is 66.4. The summed E-state index contributed by atoms with van der Waals surface area (Å²) in [6.07, 6.45) is 3.10. The van der Waals surface area contributed by atoms with E-state index in [2.05, 4.69) is 20.1 Å². The number of anilines is 6. The molecule has 0 atom stereocenters. The van der Waals surface area contributed by atoms with E-state index in [1.807, 2.05) is 60.7 Å². The highest BCUT2D eigenvalue weighted by Crippen LogP contribution is 2.40. The number of nitrogens with one attached hydrogen (secondary N) is 4. The Morgan fingerprint density at radius 2 is 0.924 bits per heavy atom. The summed E-state index contributed by atoms with van der Waals surface area (Å²) in [4.78, 5) is 34.3. The zero-order valence-electron chi connectivity index (χ0n) is 35.4. The SMILES string of the molecule is CS(=O)(=O)Nc1ccc(Nc2c3ccccc3nc3c(C(N)=O)cccc23)c(OCCCCOc2cc(NS(C)(=O)=O)ccc2Nc2c3ccccc3nc3c(C(N)=O)cccc23)c1.Cl.O. The number of unbranched alkanes of at least 4 members (excludes halogenated alkanes) is 1. The van der Waals surface area contributed by atoms with E-state index in [1.165, 1.54) is 0 Å². The highest BCUT2D eigenvalue weighted by molar-refractivity contribution is 7.92. The van der Waals surface area contributed by atoms with Gasteiger partial charge in [0.15, 0.2) is 0 Å². The number of carbonyl (C=O) groups is 2. The second kappa shape index (κ2) is 19.7. The molecule has 2 amide bonds. The second-order valence-corrected chi connectivity index (χ2v) is 18.5. The number of rotatable bonds is 17. The Balaban J connectivity index is 0.00000360. The van der Waals surface area contributed by atoms with Gasteiger partial charge in [0.25, 0.3) is 11.8 Å². The predicted octanol–water partition coefficient (Wildman–Crippen LogP) is 7.35. The van der Waals surface area contributed by atoms with E-state index in [0.717, 1.165) is 23.3 Å². The Labute approximate surface area is 385 Å². The lowest BCUT2D eigenvalue weighted by Crippen LogP contribution is -2.12. The van der Waals surface area contributed by atoms with Gasteiger partial charge in [0.1, 0.15) is 11.5 Å². The van der Waals surface area contributed by atoms with E-state index in [-0.39, 0.29) is 53.6 Å². The summed E-state index contributed by atoms with van der Waals surface area (Å²) >= 11 is 0. The molecule has 6 aromatic carbocycles. The summed E-state index contributed by atoms with van der Waals surface area (Å²) in [6.45, 7) is 0.393. The number of amides is 2. The first kappa shape index (κ1) is 48.0. The van der Waals surface area contributed by atoms with Crippen LogP contribution in [-0.2, 0) is 20.0 Å². The van der Waals surface area contributed by atoms with E-state index >= 15 is 0 Å². The molecule has 17 nitrogen and oxygen atoms in total. The number of nitrogens with zero attached hydrogens (tertiary/aromatic N) is 2. The maximum Gasteiger partial charge on any atom is 0.250 e. The number of carbonyl (C=O) groups excluding carboxylic acids is 2. The molecule has 0 saturated heterocycles. The largest absolute Gasteiger partial charge is 0.491 e. The minimum Gasteiger partial charge on any atom is -0.491 e. The van der Waals surface area contributed by atoms with Crippen molar-refractivity contribution in [1.29, 1.82) is 0 Å². The molecule has 66 heavy (non-hydrogen) atoms. The number of halogens is 1. The van der Waals surface area contributed by atoms with Crippen LogP contribution in [0.1, 0.15) is 33.6 Å². The highest BCUT2D eigenvalue weighted by Gasteiger charge is 2.19. The van der Waals surface area contributed by atoms with Gasteiger partial charge < -0.3 is 37.1 Å². The van der Waals surface area contributed by atoms with Crippen LogP contribution >= 0.6 is 12.4 Å². The Morgan fingerprint density at radius 3 is 1.30 bits per heavy atom. The van der Waals surface area contributed by atoms with Gasteiger partial charge in [-0.2, -0.15) is 0 Å². The molecule has 0 spiro atoms. The molecular formula is C46H45ClN8O9S2. The van der Waals surface area contributed by atoms with Crippen LogP contribution in [0.2, 0.25) is 0 Å². The van der Waals surface area contributed by atoms with Crippen LogP contribution in [0, 0.1) is 0 Å². The van der Waals surface area contributed by atoms with Crippen molar-refractivity contribution in [3.63, 3.8) is 0 Å². The van der Waals surface area contributed by atoms with E-state index in [9.17, 15) is 26.4 Å². The lowest BCUT2D eigenvalue weighted by Gasteiger charge is -2.19. The number of hydrogen-bond acceptors (Lipinski definition) is 12. The van der Waals surface area contributed by atoms with Gasteiger partial charge in [-0.05, 0) is 61.4 Å². The smallest absolute Gasteiger partial charge is 0.250 e. The summed E-state index contributed by atoms with van der Waals surface area (Å²) in [5.74, 6) is -0.551. The number of sulfonamides is 2. The van der Waals surface area contributed by atoms with Gasteiger partial charge in [0.05, 0.1) is 93.0 Å². The number of pyridine rings is 2. The molecule has 0 radical (unpaired) electrons. The first-order valence-corrected chi connectivity index (χ1v) is 23.7. The number of para-hydroxylation sites is 4. The number of ether oxygens (including phenoxy) is 2. The van der Waals surface area contributed by atoms with Crippen LogP contribution in [0.4, 0.5) is 34.1 Å². The summed E-state index contributed by atoms with van der Waals surface area (Å²) in [6, 6.07) is 35.0. The maximum absolute atomic E-state index is 12.4. The van der Waals surface area contributed by atoms with E-state index < -0.39 is 31.9 Å². The molecule has 2 aromatic heterocycles. The standard InChI is InChI=1S/C46H42N8O8S2.ClH.H2O/c1-63(57,58)53-27-19-21-37(51-41-29-11-3-5-17-35(29)49-43-31(41)13-9-15-33(43)45(47)55)39(25-27)61-23-7-8-24-62-40-26-28(54-64(2,59)60)20-22-38(40)52-42-30-12-4-6-18-36(30)50-44-32(42)14-10-16-34(44)46(48)56;;/h3-6,9-22,25-26,53-54H,7-8,23-24H2,1-2H3,(H2,47,55)(H2,48,56)(H,49,51)(H,50,52);1H;1H2. The number of primary amides is 2. The highest BCUT2D eigenvalue weighted by atomic mass is 35.5. The number of fused-ring (bicyclic) bond motifs is 4. The molecular weight excluding hydrogens is 908 g/mol. The average molecular weight is 954 g/mol. The molecule has 2 heterocycles. The third kappa shape index (κ3) is 10.7. The lowest BCUT2D eigenvalue weighted by atomic mass is 10.0. The zero-order chi connectivity index (χ0) is 45.2. The number of hydrogen-bond donors (Lipinski definition) is 6. The van der Waals surface area contributed by atoms with Gasteiger partial charge in [0.2, 0.25) is 20.0 Å². The van der Waals surface area contributed by atoms with Gasteiger partial charge in [-0.25, -0.2) is 26.8 Å². The quantitative estimate of drug-likeness (QED) is 0.0386. The molecule has 10 N–H and O–H groups in total. The number of aromatic nitrogens is 2. The Bertz CT molecular complexity index is 3170. The van der Waals surface area contributed by atoms with Crippen molar-refractivity contribution in [3.05, 3.63) is 132 Å². The molecule has 0 saturated carbocycles. The minimum atomic E-state index is -3.62. The molecule has 8 aromatic rings. The monoisotopic (exact) mass is 952 g/mol. The summed E-state index contributed by atoms with van der Waals surface area (Å²) in [5, 5.41) is 9.75. The fourth-order valence-electron chi connectivity index (χ4n) is 7.38. The van der Waals surface area contributed by atoms with Crippen LogP contribution < -0.4 is 41.0 Å². The van der Waals surface area contributed by atoms with Crippen molar-refractivity contribution < 1.29 is 41.4 Å². The van der Waals surface area contributed by atoms with Gasteiger partial charge in [-0.3, -0.25) is 19.0 Å². The molecule has 0 aliphatic heterocycles. The topological polar surface area (TPSA) is 278 Å². The predicted molar refractivity (Wildman–Crippen MR) is 263 cm³/mol. The van der Waals surface area contributed by atoms with Crippen molar-refractivity contribution in [1.82, 2.24) is 9.97 Å². The molecule has 0 aliphatic carbocycles. The first-order valence-electron chi connectivity index (χ1n) is 19.9. The van der Waals surface area contributed by atoms with Crippen LogP contribution in [0.3, 0.4) is 0 Å². The first-order chi connectivity index (χ1) is 30.6. The summed E-state index contributed by atoms with van der Waals surface area (Å²) in [5.41, 5.74) is 17.0. The molecule has 8 rings (SSSR count). The van der Waals surface area contributed by atoms with Gasteiger partial charge in [-0.1, -0.05) is 60.7 Å². The van der Waals surface area contributed by atoms with Crippen molar-refractivity contribution in [3.8, 4) is 11.5 Å². The molecule has 20 heteroatoms. The van der Waals surface area contributed by atoms with Gasteiger partial charge in [0, 0.05) is 33.7 Å². The third-order valence-electron chi connectivity index (χ3n) is 10.1. The Kier molecular flexibility index (Phi) is 14.4. The Hall–Kier alpha value is -7.45. The van der Waals surface area contributed by atoms with Crippen molar-refractivity contribution in [2.45, 2.75) is 12.8 Å². The van der Waals surface area contributed by atoms with Crippen LogP contribution in [0.15, 0.2) is 121 Å². The minimum absolute atomic E-state index is 0. The molecule has 0 bridgehead atoms. The van der Waals surface area contributed by atoms with Crippen LogP contribution in [0.5, 0.6) is 11.5 Å². The van der Waals surface area contributed by atoms with Crippen LogP contribution in [0.25, 0.3) is 43.6 Å². The van der Waals surface area contributed by atoms with E-state index in [4.69, 9.17) is 30.9 Å². The van der Waals surface area contributed by atoms with E-state index in [1.54, 1.807) is 60.7 Å². The lowest BCUT2D eigenvalue weighted by molar-refractivity contribution is 0.0993. The molecule has 0 aliphatic rings. The molecule has 0 fully saturated rings. The zero-order valence-corrected chi connectivity index (χ0v) is 37.9. The van der Waals surface area contributed by atoms with Gasteiger partial charge >= 0.3 is 0 Å². The summed E-state index contributed by atoms with van der Waals surface area (Å²) in [7, 11) is -7.24.